The predicted octanol–water partition coefficient (Wildman–Crippen LogP) is 5.88. The van der Waals surface area contributed by atoms with Gasteiger partial charge in [-0.05, 0) is 49.2 Å². The minimum absolute atomic E-state index is 0.103. The number of carbonyl (C=O) groups is 4. The molecule has 220 valence electrons. The van der Waals surface area contributed by atoms with Crippen molar-refractivity contribution in [3.8, 4) is 0 Å². The van der Waals surface area contributed by atoms with E-state index in [4.69, 9.17) is 18.9 Å². The van der Waals surface area contributed by atoms with Crippen LogP contribution >= 0.6 is 0 Å². The first-order valence-corrected chi connectivity index (χ1v) is 15.5. The van der Waals surface area contributed by atoms with Crippen molar-refractivity contribution in [2.45, 2.75) is 100 Å². The molecule has 11 heteroatoms. The number of cyclic esters (lactones) is 2. The highest BCUT2D eigenvalue weighted by Crippen LogP contribution is 2.37. The van der Waals surface area contributed by atoms with Crippen LogP contribution < -0.4 is 0 Å². The Hall–Kier alpha value is -3.73. The minimum Gasteiger partial charge on any atom is -0.421 e. The number of carbonyl (C=O) groups excluding carboxylic acids is 4. The monoisotopic (exact) mass is 586 g/mol. The van der Waals surface area contributed by atoms with Crippen molar-refractivity contribution in [2.75, 3.05) is 0 Å². The van der Waals surface area contributed by atoms with Gasteiger partial charge in [0.1, 0.15) is 0 Å². The van der Waals surface area contributed by atoms with Gasteiger partial charge in [0, 0.05) is 24.0 Å². The quantitative estimate of drug-likeness (QED) is 0.195. The number of unbranched alkanes of at least 4 members (excludes halogenated alkanes) is 6. The summed E-state index contributed by atoms with van der Waals surface area (Å²) in [6, 6.07) is 7.62. The fourth-order valence-corrected chi connectivity index (χ4v) is 6.02. The van der Waals surface area contributed by atoms with E-state index in [0.29, 0.717) is 12.8 Å². The minimum atomic E-state index is -4.18. The van der Waals surface area contributed by atoms with Crippen molar-refractivity contribution in [3.63, 3.8) is 0 Å². The van der Waals surface area contributed by atoms with Crippen molar-refractivity contribution >= 4 is 33.7 Å². The Labute approximate surface area is 239 Å². The lowest BCUT2D eigenvalue weighted by atomic mass is 10.1. The van der Waals surface area contributed by atoms with Crippen LogP contribution in [0.25, 0.3) is 0 Å². The number of fused-ring (bicyclic) bond motifs is 2. The van der Waals surface area contributed by atoms with Crippen molar-refractivity contribution < 1.29 is 46.5 Å². The Bertz CT molecular complexity index is 1330. The van der Waals surface area contributed by atoms with Crippen LogP contribution in [-0.2, 0) is 38.4 Å². The van der Waals surface area contributed by atoms with E-state index in [1.807, 2.05) is 0 Å². The number of ether oxygens (including phenoxy) is 4. The average molecular weight is 587 g/mol. The van der Waals surface area contributed by atoms with E-state index in [9.17, 15) is 27.6 Å². The predicted molar refractivity (Wildman–Crippen MR) is 144 cm³/mol. The van der Waals surface area contributed by atoms with Crippen molar-refractivity contribution in [3.05, 3.63) is 58.7 Å². The SMILES string of the molecule is CCCCCCC(=O)OC1OC(=O)c2ccc(S(=O)(=O)c3ccc4c(c3)C(OC(=O)CCCCCC)OC4=O)cc21. The fourth-order valence-electron chi connectivity index (χ4n) is 4.69. The zero-order valence-electron chi connectivity index (χ0n) is 23.2. The first kappa shape index (κ1) is 30.2. The van der Waals surface area contributed by atoms with Gasteiger partial charge in [0.05, 0.1) is 20.9 Å². The molecule has 4 rings (SSSR count). The van der Waals surface area contributed by atoms with Crippen molar-refractivity contribution in [1.29, 1.82) is 0 Å². The summed E-state index contributed by atoms with van der Waals surface area (Å²) in [6.45, 7) is 4.11. The molecule has 41 heavy (non-hydrogen) atoms. The molecule has 2 aromatic carbocycles. The second-order valence-corrected chi connectivity index (χ2v) is 12.0. The van der Waals surface area contributed by atoms with Crippen molar-refractivity contribution in [1.82, 2.24) is 0 Å². The van der Waals surface area contributed by atoms with Crippen LogP contribution in [0.15, 0.2) is 46.2 Å². The molecule has 0 N–H and O–H groups in total. The maximum Gasteiger partial charge on any atom is 0.342 e. The highest BCUT2D eigenvalue weighted by atomic mass is 32.2. The molecule has 0 aliphatic carbocycles. The molecule has 2 atom stereocenters. The Morgan fingerprint density at radius 1 is 0.683 bits per heavy atom. The summed E-state index contributed by atoms with van der Waals surface area (Å²) in [7, 11) is -4.18. The summed E-state index contributed by atoms with van der Waals surface area (Å²) in [5.41, 5.74) is 0.471. The van der Waals surface area contributed by atoms with Gasteiger partial charge in [-0.3, -0.25) is 9.59 Å². The van der Waals surface area contributed by atoms with E-state index in [-0.39, 0.29) is 44.9 Å². The number of rotatable bonds is 14. The molecule has 0 radical (unpaired) electrons. The molecule has 0 fully saturated rings. The fraction of sp³-hybridized carbons (Fsp3) is 0.467. The first-order valence-electron chi connectivity index (χ1n) is 14.0. The van der Waals surface area contributed by atoms with E-state index < -0.39 is 46.3 Å². The van der Waals surface area contributed by atoms with Gasteiger partial charge in [-0.1, -0.05) is 52.4 Å². The summed E-state index contributed by atoms with van der Waals surface area (Å²) >= 11 is 0. The highest BCUT2D eigenvalue weighted by molar-refractivity contribution is 7.91. The average Bonchev–Trinajstić information content (AvgIpc) is 3.43. The lowest BCUT2D eigenvalue weighted by molar-refractivity contribution is -0.169. The van der Waals surface area contributed by atoms with Gasteiger partial charge in [-0.15, -0.1) is 0 Å². The second kappa shape index (κ2) is 13.3. The van der Waals surface area contributed by atoms with Crippen LogP contribution in [0.3, 0.4) is 0 Å². The molecule has 2 aliphatic rings. The summed E-state index contributed by atoms with van der Waals surface area (Å²) in [6.07, 6.45) is 4.61. The maximum atomic E-state index is 13.6. The Balaban J connectivity index is 1.53. The molecule has 2 aromatic rings. The van der Waals surface area contributed by atoms with Crippen LogP contribution in [0.1, 0.15) is 122 Å². The number of sulfone groups is 1. The van der Waals surface area contributed by atoms with Gasteiger partial charge < -0.3 is 18.9 Å². The molecule has 0 saturated heterocycles. The molecule has 10 nitrogen and oxygen atoms in total. The lowest BCUT2D eigenvalue weighted by Gasteiger charge is -2.14. The van der Waals surface area contributed by atoms with Crippen LogP contribution in [0.4, 0.5) is 0 Å². The molecule has 2 aliphatic heterocycles. The van der Waals surface area contributed by atoms with Crippen LogP contribution in [0.2, 0.25) is 0 Å². The van der Waals surface area contributed by atoms with E-state index in [1.54, 1.807) is 0 Å². The lowest BCUT2D eigenvalue weighted by Crippen LogP contribution is -2.12. The molecular formula is C30H34O10S. The smallest absolute Gasteiger partial charge is 0.342 e. The van der Waals surface area contributed by atoms with E-state index in [1.165, 1.54) is 36.4 Å². The van der Waals surface area contributed by atoms with Crippen LogP contribution in [-0.4, -0.2) is 32.3 Å². The van der Waals surface area contributed by atoms with Crippen LogP contribution in [0.5, 0.6) is 0 Å². The summed E-state index contributed by atoms with van der Waals surface area (Å²) in [4.78, 5) is 48.9. The summed E-state index contributed by atoms with van der Waals surface area (Å²) in [5, 5.41) is 0. The topological polar surface area (TPSA) is 139 Å². The number of hydrogen-bond acceptors (Lipinski definition) is 10. The van der Waals surface area contributed by atoms with Crippen molar-refractivity contribution in [2.24, 2.45) is 0 Å². The molecule has 0 bridgehead atoms. The molecule has 2 heterocycles. The molecular weight excluding hydrogens is 552 g/mol. The van der Waals surface area contributed by atoms with Gasteiger partial charge in [-0.25, -0.2) is 18.0 Å². The largest absolute Gasteiger partial charge is 0.421 e. The van der Waals surface area contributed by atoms with Crippen LogP contribution in [0, 0.1) is 0 Å². The van der Waals surface area contributed by atoms with Gasteiger partial charge >= 0.3 is 23.9 Å². The maximum absolute atomic E-state index is 13.6. The van der Waals surface area contributed by atoms with E-state index in [0.717, 1.165) is 38.5 Å². The number of benzene rings is 2. The third-order valence-electron chi connectivity index (χ3n) is 6.99. The zero-order chi connectivity index (χ0) is 29.6. The van der Waals surface area contributed by atoms with Gasteiger partial charge in [0.25, 0.3) is 12.6 Å². The number of esters is 4. The second-order valence-electron chi connectivity index (χ2n) is 10.1. The molecule has 2 unspecified atom stereocenters. The first-order chi connectivity index (χ1) is 19.6. The molecule has 0 amide bonds. The molecule has 0 spiro atoms. The Morgan fingerprint density at radius 3 is 1.49 bits per heavy atom. The number of hydrogen-bond donors (Lipinski definition) is 0. The standard InChI is InChI=1S/C30H34O10S/c1-3-5-7-9-11-25(31)37-29-23-17-19(13-15-21(23)27(33)39-29)41(35,36)20-14-16-22-24(18-20)30(40-28(22)34)38-26(32)12-10-8-6-4-2/h13-18,29-30H,3-12H2,1-2H3. The highest BCUT2D eigenvalue weighted by Gasteiger charge is 2.37. The van der Waals surface area contributed by atoms with Gasteiger partial charge in [-0.2, -0.15) is 0 Å². The molecule has 0 aromatic heterocycles. The van der Waals surface area contributed by atoms with E-state index >= 15 is 0 Å². The summed E-state index contributed by atoms with van der Waals surface area (Å²) < 4.78 is 48.3. The zero-order valence-corrected chi connectivity index (χ0v) is 24.0. The third kappa shape index (κ3) is 6.95. The Kier molecular flexibility index (Phi) is 9.80. The van der Waals surface area contributed by atoms with Gasteiger partial charge in [0.2, 0.25) is 9.84 Å². The third-order valence-corrected chi connectivity index (χ3v) is 8.74. The van der Waals surface area contributed by atoms with Gasteiger partial charge in [0.15, 0.2) is 0 Å². The summed E-state index contributed by atoms with van der Waals surface area (Å²) in [5.74, 6) is -2.54. The molecule has 0 saturated carbocycles. The van der Waals surface area contributed by atoms with E-state index in [2.05, 4.69) is 13.8 Å². The normalized spacial score (nSPS) is 17.4. The Morgan fingerprint density at radius 2 is 1.10 bits per heavy atom.